The molecule has 1 amide bonds. The van der Waals surface area contributed by atoms with Gasteiger partial charge in [-0.3, -0.25) is 4.99 Å². The molecule has 0 spiro atoms. The lowest BCUT2D eigenvalue weighted by atomic mass is 10.0. The third-order valence-electron chi connectivity index (χ3n) is 4.17. The largest absolute Gasteiger partial charge is 0.450 e. The van der Waals surface area contributed by atoms with Gasteiger partial charge in [-0.15, -0.1) is 0 Å². The van der Waals surface area contributed by atoms with Gasteiger partial charge in [-0.05, 0) is 32.6 Å². The van der Waals surface area contributed by atoms with Gasteiger partial charge in [0, 0.05) is 45.9 Å². The lowest BCUT2D eigenvalue weighted by Crippen LogP contribution is -2.54. The van der Waals surface area contributed by atoms with Gasteiger partial charge >= 0.3 is 6.09 Å². The third kappa shape index (κ3) is 6.95. The lowest BCUT2D eigenvalue weighted by molar-refractivity contribution is 0.0914. The van der Waals surface area contributed by atoms with Crippen LogP contribution in [0.4, 0.5) is 4.79 Å². The zero-order chi connectivity index (χ0) is 17.8. The number of rotatable bonds is 8. The molecule has 1 heterocycles. The number of aliphatic hydroxyl groups is 1. The molecule has 0 radical (unpaired) electrons. The van der Waals surface area contributed by atoms with Crippen molar-refractivity contribution in [3.8, 4) is 0 Å². The second-order valence-corrected chi connectivity index (χ2v) is 6.03. The van der Waals surface area contributed by atoms with Crippen molar-refractivity contribution in [3.05, 3.63) is 0 Å². The first-order valence-electron chi connectivity index (χ1n) is 9.21. The first-order valence-corrected chi connectivity index (χ1v) is 9.21. The van der Waals surface area contributed by atoms with Crippen LogP contribution in [0.2, 0.25) is 0 Å². The molecule has 0 aromatic carbocycles. The Morgan fingerprint density at radius 2 is 1.83 bits per heavy atom. The minimum Gasteiger partial charge on any atom is -0.450 e. The normalized spacial score (nSPS) is 16.9. The molecule has 1 unspecified atom stereocenters. The number of carbonyl (C=O) groups is 1. The topological polar surface area (TPSA) is 77.4 Å². The predicted octanol–water partition coefficient (Wildman–Crippen LogP) is 1.52. The Labute approximate surface area is 146 Å². The molecular weight excluding hydrogens is 308 g/mol. The van der Waals surface area contributed by atoms with Crippen LogP contribution in [0, 0.1) is 5.92 Å². The van der Waals surface area contributed by atoms with Crippen molar-refractivity contribution in [2.45, 2.75) is 40.0 Å². The number of nitrogens with zero attached hydrogens (tertiary/aromatic N) is 3. The van der Waals surface area contributed by atoms with Crippen LogP contribution in [0.3, 0.4) is 0 Å². The molecule has 0 aliphatic carbocycles. The van der Waals surface area contributed by atoms with Gasteiger partial charge in [0.15, 0.2) is 5.96 Å². The Bertz CT molecular complexity index is 376. The van der Waals surface area contributed by atoms with Crippen molar-refractivity contribution in [1.82, 2.24) is 15.1 Å². The van der Waals surface area contributed by atoms with Crippen LogP contribution < -0.4 is 5.32 Å². The van der Waals surface area contributed by atoms with Crippen LogP contribution >= 0.6 is 0 Å². The highest BCUT2D eigenvalue weighted by Crippen LogP contribution is 2.12. The highest BCUT2D eigenvalue weighted by Gasteiger charge is 2.23. The van der Waals surface area contributed by atoms with E-state index in [9.17, 15) is 9.90 Å². The molecule has 0 saturated carbocycles. The maximum Gasteiger partial charge on any atom is 0.409 e. The van der Waals surface area contributed by atoms with Crippen molar-refractivity contribution in [1.29, 1.82) is 0 Å². The summed E-state index contributed by atoms with van der Waals surface area (Å²) < 4.78 is 5.06. The summed E-state index contributed by atoms with van der Waals surface area (Å²) in [5.74, 6) is 1.33. The van der Waals surface area contributed by atoms with E-state index in [2.05, 4.69) is 24.1 Å². The van der Waals surface area contributed by atoms with Crippen LogP contribution in [0.1, 0.15) is 40.0 Å². The second-order valence-electron chi connectivity index (χ2n) is 6.03. The molecular formula is C17H34N4O3. The quantitative estimate of drug-likeness (QED) is 0.517. The summed E-state index contributed by atoms with van der Waals surface area (Å²) in [6.45, 7) is 11.0. The van der Waals surface area contributed by atoms with Crippen molar-refractivity contribution in [2.24, 2.45) is 10.9 Å². The second kappa shape index (κ2) is 11.9. The molecule has 1 aliphatic rings. The van der Waals surface area contributed by atoms with Crippen molar-refractivity contribution in [3.63, 3.8) is 0 Å². The molecule has 0 aromatic rings. The zero-order valence-electron chi connectivity index (χ0n) is 15.5. The lowest BCUT2D eigenvalue weighted by Gasteiger charge is -2.36. The summed E-state index contributed by atoms with van der Waals surface area (Å²) in [5, 5.41) is 12.5. The average Bonchev–Trinajstić information content (AvgIpc) is 2.59. The molecule has 140 valence electrons. The van der Waals surface area contributed by atoms with Crippen LogP contribution in [0.15, 0.2) is 4.99 Å². The van der Waals surface area contributed by atoms with E-state index in [1.54, 1.807) is 4.90 Å². The first-order chi connectivity index (χ1) is 11.7. The van der Waals surface area contributed by atoms with E-state index in [0.29, 0.717) is 25.6 Å². The minimum absolute atomic E-state index is 0.217. The number of hydrogen-bond acceptors (Lipinski definition) is 4. The Morgan fingerprint density at radius 3 is 2.38 bits per heavy atom. The summed E-state index contributed by atoms with van der Waals surface area (Å²) in [6, 6.07) is 0. The Kier molecular flexibility index (Phi) is 10.2. The fraction of sp³-hybridized carbons (Fsp3) is 0.882. The van der Waals surface area contributed by atoms with Crippen LogP contribution in [0.5, 0.6) is 0 Å². The zero-order valence-corrected chi connectivity index (χ0v) is 15.5. The predicted molar refractivity (Wildman–Crippen MR) is 96.2 cm³/mol. The van der Waals surface area contributed by atoms with E-state index in [0.717, 1.165) is 51.4 Å². The number of hydrogen-bond donors (Lipinski definition) is 2. The van der Waals surface area contributed by atoms with Crippen molar-refractivity contribution in [2.75, 3.05) is 52.5 Å². The molecule has 1 fully saturated rings. The van der Waals surface area contributed by atoms with Gasteiger partial charge in [0.2, 0.25) is 0 Å². The van der Waals surface area contributed by atoms with Gasteiger partial charge in [0.25, 0.3) is 0 Å². The minimum atomic E-state index is -0.231. The smallest absolute Gasteiger partial charge is 0.409 e. The molecule has 7 nitrogen and oxygen atoms in total. The van der Waals surface area contributed by atoms with Crippen molar-refractivity contribution >= 4 is 12.1 Å². The standard InChI is InChI=1S/C17H34N4O3/c1-4-7-15(8-13-22)14-19-16(18-5-2)20-9-11-21(12-10-20)17(23)24-6-3/h15,22H,4-14H2,1-3H3,(H,18,19). The fourth-order valence-corrected chi connectivity index (χ4v) is 2.87. The molecule has 0 aromatic heterocycles. The average molecular weight is 342 g/mol. The summed E-state index contributed by atoms with van der Waals surface area (Å²) >= 11 is 0. The van der Waals surface area contributed by atoms with Crippen LogP contribution in [-0.2, 0) is 4.74 Å². The number of aliphatic imine (C=N–C) groups is 1. The molecule has 24 heavy (non-hydrogen) atoms. The van der Waals surface area contributed by atoms with E-state index >= 15 is 0 Å². The first kappa shape index (κ1) is 20.5. The van der Waals surface area contributed by atoms with E-state index in [1.807, 2.05) is 6.92 Å². The number of aliphatic hydroxyl groups excluding tert-OH is 1. The van der Waals surface area contributed by atoms with E-state index < -0.39 is 0 Å². The highest BCUT2D eigenvalue weighted by atomic mass is 16.6. The maximum atomic E-state index is 11.8. The van der Waals surface area contributed by atoms with Gasteiger partial charge in [0.1, 0.15) is 0 Å². The fourth-order valence-electron chi connectivity index (χ4n) is 2.87. The monoisotopic (exact) mass is 342 g/mol. The Hall–Kier alpha value is -1.50. The molecule has 7 heteroatoms. The van der Waals surface area contributed by atoms with E-state index in [1.165, 1.54) is 0 Å². The van der Waals surface area contributed by atoms with Gasteiger partial charge in [-0.1, -0.05) is 13.3 Å². The molecule has 1 rings (SSSR count). The SMILES string of the molecule is CCCC(CCO)CN=C(NCC)N1CCN(C(=O)OCC)CC1. The maximum absolute atomic E-state index is 11.8. The van der Waals surface area contributed by atoms with Gasteiger partial charge < -0.3 is 25.0 Å². The molecule has 0 bridgehead atoms. The number of piperazine rings is 1. The number of ether oxygens (including phenoxy) is 1. The van der Waals surface area contributed by atoms with Crippen LogP contribution in [-0.4, -0.2) is 79.4 Å². The summed E-state index contributed by atoms with van der Waals surface area (Å²) in [7, 11) is 0. The van der Waals surface area contributed by atoms with E-state index in [-0.39, 0.29) is 12.7 Å². The molecule has 1 saturated heterocycles. The van der Waals surface area contributed by atoms with Gasteiger partial charge in [-0.25, -0.2) is 4.79 Å². The summed E-state index contributed by atoms with van der Waals surface area (Å²) in [4.78, 5) is 20.5. The number of guanidine groups is 1. The summed E-state index contributed by atoms with van der Waals surface area (Å²) in [6.07, 6.45) is 2.76. The number of nitrogens with one attached hydrogen (secondary N) is 1. The summed E-state index contributed by atoms with van der Waals surface area (Å²) in [5.41, 5.74) is 0. The van der Waals surface area contributed by atoms with Crippen LogP contribution in [0.25, 0.3) is 0 Å². The molecule has 1 aliphatic heterocycles. The van der Waals surface area contributed by atoms with Crippen molar-refractivity contribution < 1.29 is 14.6 Å². The molecule has 1 atom stereocenters. The third-order valence-corrected chi connectivity index (χ3v) is 4.17. The number of amides is 1. The van der Waals surface area contributed by atoms with Gasteiger partial charge in [-0.2, -0.15) is 0 Å². The van der Waals surface area contributed by atoms with E-state index in [4.69, 9.17) is 9.73 Å². The number of carbonyl (C=O) groups excluding carboxylic acids is 1. The van der Waals surface area contributed by atoms with Gasteiger partial charge in [0.05, 0.1) is 6.61 Å². The Morgan fingerprint density at radius 1 is 1.17 bits per heavy atom. The molecule has 2 N–H and O–H groups in total. The highest BCUT2D eigenvalue weighted by molar-refractivity contribution is 5.80. The Balaban J connectivity index is 2.58.